The quantitative estimate of drug-likeness (QED) is 0.618. The second-order valence-electron chi connectivity index (χ2n) is 5.34. The molecule has 1 fully saturated rings. The van der Waals surface area contributed by atoms with Gasteiger partial charge in [-0.1, -0.05) is 12.1 Å². The molecule has 0 aromatic heterocycles. The number of nitriles is 1. The first-order valence-corrected chi connectivity index (χ1v) is 8.03. The van der Waals surface area contributed by atoms with Crippen LogP contribution in [-0.4, -0.2) is 50.2 Å². The molecule has 0 bridgehead atoms. The number of nitrogens with zero attached hydrogens (tertiary/aromatic N) is 3. The lowest BCUT2D eigenvalue weighted by Crippen LogP contribution is -2.41. The number of carbonyl (C=O) groups is 1. The molecule has 1 aromatic rings. The monoisotopic (exact) mass is 313 g/mol. The summed E-state index contributed by atoms with van der Waals surface area (Å²) in [6, 6.07) is 9.95. The van der Waals surface area contributed by atoms with Gasteiger partial charge in [0.2, 0.25) is 0 Å². The number of anilines is 1. The number of morpholine rings is 1. The van der Waals surface area contributed by atoms with Gasteiger partial charge in [0.05, 0.1) is 13.2 Å². The fourth-order valence-corrected chi connectivity index (χ4v) is 2.62. The van der Waals surface area contributed by atoms with Crippen LogP contribution in [0.1, 0.15) is 19.4 Å². The van der Waals surface area contributed by atoms with Gasteiger partial charge in [0, 0.05) is 31.9 Å². The van der Waals surface area contributed by atoms with E-state index in [9.17, 15) is 10.1 Å². The zero-order valence-electron chi connectivity index (χ0n) is 13.8. The summed E-state index contributed by atoms with van der Waals surface area (Å²) in [5.74, 6) is -0.219. The summed E-state index contributed by atoms with van der Waals surface area (Å²) in [6.45, 7) is 8.27. The summed E-state index contributed by atoms with van der Waals surface area (Å²) < 4.78 is 5.24. The Kier molecular flexibility index (Phi) is 6.19. The van der Waals surface area contributed by atoms with Crippen molar-refractivity contribution in [2.75, 3.05) is 44.3 Å². The Morgan fingerprint density at radius 2 is 1.87 bits per heavy atom. The van der Waals surface area contributed by atoms with E-state index in [1.165, 1.54) is 0 Å². The summed E-state index contributed by atoms with van der Waals surface area (Å²) in [5.41, 5.74) is 2.17. The molecule has 5 heteroatoms. The van der Waals surface area contributed by atoms with Gasteiger partial charge in [0.25, 0.3) is 5.91 Å². The van der Waals surface area contributed by atoms with E-state index in [2.05, 4.69) is 18.7 Å². The highest BCUT2D eigenvalue weighted by atomic mass is 16.5. The Labute approximate surface area is 137 Å². The lowest BCUT2D eigenvalue weighted by atomic mass is 10.1. The molecule has 2 rings (SSSR count). The van der Waals surface area contributed by atoms with Crippen molar-refractivity contribution in [1.29, 1.82) is 5.26 Å². The van der Waals surface area contributed by atoms with Crippen molar-refractivity contribution in [3.63, 3.8) is 0 Å². The van der Waals surface area contributed by atoms with E-state index in [-0.39, 0.29) is 11.5 Å². The van der Waals surface area contributed by atoms with E-state index in [1.807, 2.05) is 30.3 Å². The minimum atomic E-state index is -0.219. The number of carbonyl (C=O) groups excluding carboxylic acids is 1. The highest BCUT2D eigenvalue weighted by molar-refractivity contribution is 6.01. The number of hydrogen-bond donors (Lipinski definition) is 0. The SMILES string of the molecule is CCN(CC)c1ccc(C=C(C#N)C(=O)N2CCOCC2)cc1. The molecule has 5 nitrogen and oxygen atoms in total. The van der Waals surface area contributed by atoms with E-state index < -0.39 is 0 Å². The number of benzene rings is 1. The Morgan fingerprint density at radius 3 is 2.39 bits per heavy atom. The highest BCUT2D eigenvalue weighted by Gasteiger charge is 2.20. The van der Waals surface area contributed by atoms with Gasteiger partial charge in [-0.3, -0.25) is 4.79 Å². The van der Waals surface area contributed by atoms with Gasteiger partial charge in [-0.15, -0.1) is 0 Å². The molecule has 0 spiro atoms. The average Bonchev–Trinajstić information content (AvgIpc) is 2.62. The van der Waals surface area contributed by atoms with Crippen LogP contribution in [0.5, 0.6) is 0 Å². The molecule has 23 heavy (non-hydrogen) atoms. The van der Waals surface area contributed by atoms with Gasteiger partial charge in [0.1, 0.15) is 11.6 Å². The standard InChI is InChI=1S/C18H23N3O2/c1-3-20(4-2)17-7-5-15(6-8-17)13-16(14-19)18(22)21-9-11-23-12-10-21/h5-8,13H,3-4,9-12H2,1-2H3. The van der Waals surface area contributed by atoms with Crippen LogP contribution in [0.15, 0.2) is 29.8 Å². The molecule has 0 saturated carbocycles. The smallest absolute Gasteiger partial charge is 0.264 e. The van der Waals surface area contributed by atoms with Gasteiger partial charge < -0.3 is 14.5 Å². The molecule has 1 saturated heterocycles. The van der Waals surface area contributed by atoms with E-state index in [0.717, 1.165) is 24.3 Å². The maximum Gasteiger partial charge on any atom is 0.264 e. The van der Waals surface area contributed by atoms with Gasteiger partial charge in [-0.2, -0.15) is 5.26 Å². The predicted octanol–water partition coefficient (Wildman–Crippen LogP) is 2.30. The van der Waals surface area contributed by atoms with Crippen molar-refractivity contribution in [2.24, 2.45) is 0 Å². The summed E-state index contributed by atoms with van der Waals surface area (Å²) in [4.78, 5) is 16.3. The van der Waals surface area contributed by atoms with Gasteiger partial charge in [0.15, 0.2) is 0 Å². The number of amides is 1. The van der Waals surface area contributed by atoms with Gasteiger partial charge in [-0.05, 0) is 37.6 Å². The number of ether oxygens (including phenoxy) is 1. The zero-order chi connectivity index (χ0) is 16.7. The third kappa shape index (κ3) is 4.33. The van der Waals surface area contributed by atoms with Crippen LogP contribution in [0.2, 0.25) is 0 Å². The molecule has 0 unspecified atom stereocenters. The lowest BCUT2D eigenvalue weighted by Gasteiger charge is -2.26. The molecule has 1 aromatic carbocycles. The molecule has 0 atom stereocenters. The molecule has 1 aliphatic rings. The molecule has 0 aliphatic carbocycles. The van der Waals surface area contributed by atoms with Crippen LogP contribution in [0.25, 0.3) is 6.08 Å². The molecule has 0 N–H and O–H groups in total. The highest BCUT2D eigenvalue weighted by Crippen LogP contribution is 2.17. The van der Waals surface area contributed by atoms with E-state index in [0.29, 0.717) is 26.3 Å². The topological polar surface area (TPSA) is 56.6 Å². The first kappa shape index (κ1) is 17.0. The minimum absolute atomic E-state index is 0.169. The number of hydrogen-bond acceptors (Lipinski definition) is 4. The summed E-state index contributed by atoms with van der Waals surface area (Å²) >= 11 is 0. The van der Waals surface area contributed by atoms with Gasteiger partial charge >= 0.3 is 0 Å². The second kappa shape index (κ2) is 8.35. The van der Waals surface area contributed by atoms with Crippen molar-refractivity contribution in [3.8, 4) is 6.07 Å². The van der Waals surface area contributed by atoms with Crippen LogP contribution in [0.4, 0.5) is 5.69 Å². The van der Waals surface area contributed by atoms with E-state index in [1.54, 1.807) is 11.0 Å². The van der Waals surface area contributed by atoms with Crippen molar-refractivity contribution in [3.05, 3.63) is 35.4 Å². The van der Waals surface area contributed by atoms with Crippen LogP contribution >= 0.6 is 0 Å². The predicted molar refractivity (Wildman–Crippen MR) is 91.0 cm³/mol. The summed E-state index contributed by atoms with van der Waals surface area (Å²) in [7, 11) is 0. The third-order valence-corrected chi connectivity index (χ3v) is 3.98. The fourth-order valence-electron chi connectivity index (χ4n) is 2.62. The normalized spacial score (nSPS) is 15.2. The minimum Gasteiger partial charge on any atom is -0.378 e. The first-order chi connectivity index (χ1) is 11.2. The fraction of sp³-hybridized carbons (Fsp3) is 0.444. The molecule has 1 heterocycles. The molecular weight excluding hydrogens is 290 g/mol. The summed E-state index contributed by atoms with van der Waals surface area (Å²) in [6.07, 6.45) is 1.66. The van der Waals surface area contributed by atoms with Crippen molar-refractivity contribution in [2.45, 2.75) is 13.8 Å². The first-order valence-electron chi connectivity index (χ1n) is 8.03. The Bertz CT molecular complexity index is 592. The largest absolute Gasteiger partial charge is 0.378 e. The van der Waals surface area contributed by atoms with Crippen LogP contribution < -0.4 is 4.90 Å². The average molecular weight is 313 g/mol. The molecule has 1 amide bonds. The second-order valence-corrected chi connectivity index (χ2v) is 5.34. The van der Waals surface area contributed by atoms with Crippen LogP contribution in [0.3, 0.4) is 0 Å². The van der Waals surface area contributed by atoms with Crippen LogP contribution in [-0.2, 0) is 9.53 Å². The van der Waals surface area contributed by atoms with Crippen molar-refractivity contribution in [1.82, 2.24) is 4.90 Å². The van der Waals surface area contributed by atoms with Crippen molar-refractivity contribution < 1.29 is 9.53 Å². The van der Waals surface area contributed by atoms with Crippen molar-refractivity contribution >= 4 is 17.7 Å². The van der Waals surface area contributed by atoms with E-state index in [4.69, 9.17) is 4.74 Å². The van der Waals surface area contributed by atoms with E-state index >= 15 is 0 Å². The maximum atomic E-state index is 12.4. The maximum absolute atomic E-state index is 12.4. The zero-order valence-corrected chi connectivity index (χ0v) is 13.8. The molecule has 0 radical (unpaired) electrons. The number of rotatable bonds is 5. The van der Waals surface area contributed by atoms with Crippen LogP contribution in [0, 0.1) is 11.3 Å². The van der Waals surface area contributed by atoms with Gasteiger partial charge in [-0.25, -0.2) is 0 Å². The Hall–Kier alpha value is -2.32. The lowest BCUT2D eigenvalue weighted by molar-refractivity contribution is -0.130. The Balaban J connectivity index is 2.14. The third-order valence-electron chi connectivity index (χ3n) is 3.98. The Morgan fingerprint density at radius 1 is 1.26 bits per heavy atom. The summed E-state index contributed by atoms with van der Waals surface area (Å²) in [5, 5.41) is 9.30. The molecule has 1 aliphatic heterocycles. The molecule has 122 valence electrons. The molecular formula is C18H23N3O2.